The molecule has 1 aliphatic heterocycles. The van der Waals surface area contributed by atoms with Crippen LogP contribution in [0.25, 0.3) is 10.9 Å². The van der Waals surface area contributed by atoms with E-state index in [4.69, 9.17) is 0 Å². The zero-order chi connectivity index (χ0) is 16.0. The van der Waals surface area contributed by atoms with Gasteiger partial charge in [0.1, 0.15) is 4.21 Å². The zero-order valence-electron chi connectivity index (χ0n) is 12.8. The summed E-state index contributed by atoms with van der Waals surface area (Å²) in [6.07, 6.45) is 3.82. The van der Waals surface area contributed by atoms with Crippen LogP contribution in [0, 0.1) is 0 Å². The molecule has 3 aromatic rings. The van der Waals surface area contributed by atoms with E-state index in [1.54, 1.807) is 23.7 Å². The van der Waals surface area contributed by atoms with Crippen LogP contribution in [0.15, 0.2) is 46.1 Å². The third kappa shape index (κ3) is 2.33. The van der Waals surface area contributed by atoms with E-state index in [1.165, 1.54) is 26.4 Å². The minimum absolute atomic E-state index is 0.233. The number of thiophene rings is 1. The van der Waals surface area contributed by atoms with Crippen molar-refractivity contribution < 1.29 is 8.42 Å². The molecule has 0 radical (unpaired) electrons. The fourth-order valence-corrected chi connectivity index (χ4v) is 5.83. The van der Waals surface area contributed by atoms with Crippen LogP contribution in [0.2, 0.25) is 0 Å². The maximum atomic E-state index is 12.8. The summed E-state index contributed by atoms with van der Waals surface area (Å²) in [7, 11) is -3.52. The minimum Gasteiger partial charge on any atom is -0.310 e. The predicted octanol–water partition coefficient (Wildman–Crippen LogP) is 3.54. The molecule has 6 heteroatoms. The van der Waals surface area contributed by atoms with Crippen LogP contribution in [0.5, 0.6) is 0 Å². The van der Waals surface area contributed by atoms with Crippen molar-refractivity contribution in [1.82, 2.24) is 9.29 Å². The van der Waals surface area contributed by atoms with Gasteiger partial charge in [0.15, 0.2) is 0 Å². The quantitative estimate of drug-likeness (QED) is 0.772. The van der Waals surface area contributed by atoms with Crippen molar-refractivity contribution in [2.75, 3.05) is 6.54 Å². The number of nitrogens with zero attached hydrogens (tertiary/aromatic N) is 1. The summed E-state index contributed by atoms with van der Waals surface area (Å²) in [5, 5.41) is 6.33. The zero-order valence-corrected chi connectivity index (χ0v) is 14.5. The van der Waals surface area contributed by atoms with Crippen LogP contribution in [-0.4, -0.2) is 18.9 Å². The first-order chi connectivity index (χ1) is 11.1. The normalized spacial score (nSPS) is 18.7. The van der Waals surface area contributed by atoms with Gasteiger partial charge in [-0.15, -0.1) is 11.3 Å². The van der Waals surface area contributed by atoms with E-state index < -0.39 is 10.0 Å². The molecule has 120 valence electrons. The molecule has 0 saturated carbocycles. The fourth-order valence-electron chi connectivity index (χ4n) is 3.41. The second-order valence-electron chi connectivity index (χ2n) is 5.90. The van der Waals surface area contributed by atoms with Crippen LogP contribution >= 0.6 is 11.3 Å². The van der Waals surface area contributed by atoms with Gasteiger partial charge in [-0.05, 0) is 61.0 Å². The van der Waals surface area contributed by atoms with E-state index in [-0.39, 0.29) is 6.04 Å². The van der Waals surface area contributed by atoms with Crippen molar-refractivity contribution in [3.05, 3.63) is 53.0 Å². The topological polar surface area (TPSA) is 51.1 Å². The lowest BCUT2D eigenvalue weighted by atomic mass is 9.96. The van der Waals surface area contributed by atoms with Crippen molar-refractivity contribution in [1.29, 1.82) is 0 Å². The molecule has 1 atom stereocenters. The molecule has 23 heavy (non-hydrogen) atoms. The molecule has 0 spiro atoms. The molecular formula is C17H18N2O2S2. The first-order valence-corrected chi connectivity index (χ1v) is 10.1. The van der Waals surface area contributed by atoms with Crippen molar-refractivity contribution in [3.63, 3.8) is 0 Å². The molecule has 0 bridgehead atoms. The first-order valence-electron chi connectivity index (χ1n) is 7.74. The van der Waals surface area contributed by atoms with Gasteiger partial charge in [0.2, 0.25) is 0 Å². The number of aromatic nitrogens is 1. The molecule has 0 saturated heterocycles. The summed E-state index contributed by atoms with van der Waals surface area (Å²) in [5.41, 5.74) is 3.31. The summed E-state index contributed by atoms with van der Waals surface area (Å²) in [6.45, 7) is 3.14. The Labute approximate surface area is 139 Å². The Balaban J connectivity index is 1.96. The maximum Gasteiger partial charge on any atom is 0.277 e. The van der Waals surface area contributed by atoms with E-state index in [1.807, 2.05) is 12.1 Å². The van der Waals surface area contributed by atoms with Gasteiger partial charge in [-0.2, -0.15) is 8.42 Å². The Hall–Kier alpha value is -1.63. The lowest BCUT2D eigenvalue weighted by Crippen LogP contribution is -2.18. The summed E-state index contributed by atoms with van der Waals surface area (Å²) >= 11 is 1.25. The highest BCUT2D eigenvalue weighted by atomic mass is 32.2. The van der Waals surface area contributed by atoms with Crippen molar-refractivity contribution >= 4 is 32.3 Å². The molecule has 2 aromatic heterocycles. The molecule has 3 heterocycles. The minimum atomic E-state index is -3.52. The van der Waals surface area contributed by atoms with Crippen molar-refractivity contribution in [2.24, 2.45) is 0 Å². The van der Waals surface area contributed by atoms with Crippen LogP contribution in [0.4, 0.5) is 0 Å². The smallest absolute Gasteiger partial charge is 0.277 e. The van der Waals surface area contributed by atoms with E-state index in [0.717, 1.165) is 30.3 Å². The summed E-state index contributed by atoms with van der Waals surface area (Å²) < 4.78 is 27.5. The van der Waals surface area contributed by atoms with Crippen LogP contribution in [-0.2, 0) is 16.4 Å². The van der Waals surface area contributed by atoms with Crippen LogP contribution in [0.3, 0.4) is 0 Å². The maximum absolute atomic E-state index is 12.8. The van der Waals surface area contributed by atoms with Gasteiger partial charge < -0.3 is 5.32 Å². The Kier molecular flexibility index (Phi) is 3.55. The van der Waals surface area contributed by atoms with Crippen molar-refractivity contribution in [3.8, 4) is 0 Å². The second-order valence-corrected chi connectivity index (χ2v) is 8.89. The molecular weight excluding hydrogens is 328 g/mol. The lowest BCUT2D eigenvalue weighted by molar-refractivity contribution is 0.584. The molecule has 0 aliphatic carbocycles. The monoisotopic (exact) mass is 346 g/mol. The third-order valence-corrected chi connectivity index (χ3v) is 7.55. The van der Waals surface area contributed by atoms with Gasteiger partial charge in [-0.25, -0.2) is 3.97 Å². The van der Waals surface area contributed by atoms with Gasteiger partial charge in [-0.1, -0.05) is 12.1 Å². The van der Waals surface area contributed by atoms with Gasteiger partial charge in [0.05, 0.1) is 5.52 Å². The van der Waals surface area contributed by atoms with E-state index >= 15 is 0 Å². The molecule has 1 aliphatic rings. The third-order valence-electron chi connectivity index (χ3n) is 4.48. The molecule has 0 amide bonds. The highest BCUT2D eigenvalue weighted by molar-refractivity contribution is 7.92. The Morgan fingerprint density at radius 2 is 2.13 bits per heavy atom. The Morgan fingerprint density at radius 1 is 1.26 bits per heavy atom. The van der Waals surface area contributed by atoms with Gasteiger partial charge in [-0.3, -0.25) is 0 Å². The van der Waals surface area contributed by atoms with Gasteiger partial charge >= 0.3 is 0 Å². The number of benzene rings is 1. The summed E-state index contributed by atoms with van der Waals surface area (Å²) in [6, 6.07) is 9.61. The average molecular weight is 346 g/mol. The number of rotatable bonds is 2. The number of fused-ring (bicyclic) bond motifs is 3. The highest BCUT2D eigenvalue weighted by Crippen LogP contribution is 2.33. The number of hydrogen-bond acceptors (Lipinski definition) is 4. The van der Waals surface area contributed by atoms with Crippen LogP contribution < -0.4 is 5.32 Å². The second kappa shape index (κ2) is 5.47. The van der Waals surface area contributed by atoms with Gasteiger partial charge in [0, 0.05) is 17.6 Å². The Bertz CT molecular complexity index is 956. The first kappa shape index (κ1) is 14.9. The standard InChI is InChI=1S/C17H18N2O2S2/c1-12-17-13(4-2-9-18-12)6-7-15-14(17)8-10-19(15)23(20,21)16-5-3-11-22-16/h3,5-8,10-12,18H,2,4,9H2,1H3. The molecule has 1 aromatic carbocycles. The SMILES string of the molecule is CC1NCCCc2ccc3c(ccn3S(=O)(=O)c3cccs3)c21. The molecule has 1 N–H and O–H groups in total. The highest BCUT2D eigenvalue weighted by Gasteiger charge is 2.23. The molecule has 0 fully saturated rings. The Morgan fingerprint density at radius 3 is 2.91 bits per heavy atom. The number of nitrogens with one attached hydrogen (secondary N) is 1. The van der Waals surface area contributed by atoms with Crippen molar-refractivity contribution in [2.45, 2.75) is 30.0 Å². The van der Waals surface area contributed by atoms with E-state index in [2.05, 4.69) is 18.3 Å². The largest absolute Gasteiger partial charge is 0.310 e. The van der Waals surface area contributed by atoms with Crippen LogP contribution in [0.1, 0.15) is 30.5 Å². The van der Waals surface area contributed by atoms with E-state index in [0.29, 0.717) is 4.21 Å². The lowest BCUT2D eigenvalue weighted by Gasteiger charge is -2.15. The predicted molar refractivity (Wildman–Crippen MR) is 93.6 cm³/mol. The molecule has 4 rings (SSSR count). The number of hydrogen-bond donors (Lipinski definition) is 1. The number of aryl methyl sites for hydroxylation is 1. The summed E-state index contributed by atoms with van der Waals surface area (Å²) in [4.78, 5) is 0. The summed E-state index contributed by atoms with van der Waals surface area (Å²) in [5.74, 6) is 0. The molecule has 4 nitrogen and oxygen atoms in total. The fraction of sp³-hybridized carbons (Fsp3) is 0.294. The van der Waals surface area contributed by atoms with Gasteiger partial charge in [0.25, 0.3) is 10.0 Å². The molecule has 1 unspecified atom stereocenters. The van der Waals surface area contributed by atoms with E-state index in [9.17, 15) is 8.42 Å². The average Bonchev–Trinajstić information content (AvgIpc) is 3.17.